The number of nitriles is 1. The van der Waals surface area contributed by atoms with Gasteiger partial charge in [-0.1, -0.05) is 24.3 Å². The van der Waals surface area contributed by atoms with Gasteiger partial charge in [0, 0.05) is 11.8 Å². The number of hydrogen-bond donors (Lipinski definition) is 1. The Labute approximate surface area is 156 Å². The molecule has 136 valence electrons. The van der Waals surface area contributed by atoms with Gasteiger partial charge in [-0.15, -0.1) is 0 Å². The number of aromatic nitrogens is 2. The van der Waals surface area contributed by atoms with Crippen molar-refractivity contribution in [1.82, 2.24) is 9.97 Å². The van der Waals surface area contributed by atoms with Crippen molar-refractivity contribution >= 4 is 5.97 Å². The molecule has 1 aromatic carbocycles. The zero-order chi connectivity index (χ0) is 19.4. The first-order valence-corrected chi connectivity index (χ1v) is 8.38. The van der Waals surface area contributed by atoms with E-state index >= 15 is 0 Å². The molecule has 0 saturated carbocycles. The Hall–Kier alpha value is -3.66. The molecular weight excluding hydrogens is 344 g/mol. The van der Waals surface area contributed by atoms with E-state index in [9.17, 15) is 10.1 Å². The molecule has 0 spiro atoms. The van der Waals surface area contributed by atoms with E-state index in [2.05, 4.69) is 16.0 Å². The van der Waals surface area contributed by atoms with Crippen molar-refractivity contribution in [2.24, 2.45) is 5.73 Å². The summed E-state index contributed by atoms with van der Waals surface area (Å²) < 4.78 is 10.6. The Morgan fingerprint density at radius 3 is 2.67 bits per heavy atom. The molecule has 3 rings (SSSR count). The zero-order valence-corrected chi connectivity index (χ0v) is 15.0. The molecule has 0 radical (unpaired) electrons. The number of benzene rings is 1. The van der Waals surface area contributed by atoms with Gasteiger partial charge in [0.2, 0.25) is 5.88 Å². The Bertz CT molecular complexity index is 957. The molecule has 0 amide bonds. The van der Waals surface area contributed by atoms with E-state index in [0.29, 0.717) is 5.76 Å². The normalized spacial score (nSPS) is 16.6. The van der Waals surface area contributed by atoms with Crippen molar-refractivity contribution in [2.75, 3.05) is 6.61 Å². The zero-order valence-electron chi connectivity index (χ0n) is 15.0. The first kappa shape index (κ1) is 18.1. The second-order valence-corrected chi connectivity index (χ2v) is 5.83. The largest absolute Gasteiger partial charge is 0.463 e. The highest BCUT2D eigenvalue weighted by molar-refractivity contribution is 5.92. The first-order valence-electron chi connectivity index (χ1n) is 8.38. The summed E-state index contributed by atoms with van der Waals surface area (Å²) in [6, 6.07) is 11.3. The number of nitrogens with zero attached hydrogens (tertiary/aromatic N) is 3. The van der Waals surface area contributed by atoms with E-state index in [1.165, 1.54) is 6.33 Å². The summed E-state index contributed by atoms with van der Waals surface area (Å²) in [6.07, 6.45) is 3.14. The summed E-state index contributed by atoms with van der Waals surface area (Å²) in [6.45, 7) is 3.57. The van der Waals surface area contributed by atoms with Gasteiger partial charge in [-0.05, 0) is 25.5 Å². The third kappa shape index (κ3) is 3.51. The highest BCUT2D eigenvalue weighted by Gasteiger charge is 2.36. The molecule has 27 heavy (non-hydrogen) atoms. The molecule has 0 aliphatic carbocycles. The summed E-state index contributed by atoms with van der Waals surface area (Å²) in [4.78, 5) is 20.6. The maximum Gasteiger partial charge on any atom is 0.338 e. The number of esters is 1. The van der Waals surface area contributed by atoms with Crippen molar-refractivity contribution in [2.45, 2.75) is 19.8 Å². The average Bonchev–Trinajstić information content (AvgIpc) is 2.68. The van der Waals surface area contributed by atoms with Crippen LogP contribution in [0.25, 0.3) is 11.3 Å². The molecular formula is C20H18N4O3. The van der Waals surface area contributed by atoms with Gasteiger partial charge in [-0.3, -0.25) is 0 Å². The van der Waals surface area contributed by atoms with Gasteiger partial charge in [0.25, 0.3) is 0 Å². The SMILES string of the molecule is CCOC(=O)C1=C(C)OC(N)=C(C#N)C1c1ccc(-c2ccncn2)cc1. The molecule has 1 aliphatic heterocycles. The number of rotatable bonds is 4. The van der Waals surface area contributed by atoms with Crippen LogP contribution in [-0.2, 0) is 14.3 Å². The lowest BCUT2D eigenvalue weighted by Gasteiger charge is -2.26. The monoisotopic (exact) mass is 362 g/mol. The minimum Gasteiger partial charge on any atom is -0.463 e. The van der Waals surface area contributed by atoms with E-state index in [4.69, 9.17) is 15.2 Å². The average molecular weight is 362 g/mol. The highest BCUT2D eigenvalue weighted by Crippen LogP contribution is 2.39. The number of hydrogen-bond acceptors (Lipinski definition) is 7. The van der Waals surface area contributed by atoms with Gasteiger partial charge in [-0.25, -0.2) is 14.8 Å². The topological polar surface area (TPSA) is 111 Å². The molecule has 0 saturated heterocycles. The fourth-order valence-corrected chi connectivity index (χ4v) is 3.00. The predicted octanol–water partition coefficient (Wildman–Crippen LogP) is 2.79. The predicted molar refractivity (Wildman–Crippen MR) is 97.5 cm³/mol. The molecule has 2 N–H and O–H groups in total. The molecule has 2 aromatic rings. The number of allylic oxidation sites excluding steroid dienone is 2. The van der Waals surface area contributed by atoms with Crippen LogP contribution in [0.2, 0.25) is 0 Å². The Morgan fingerprint density at radius 1 is 1.33 bits per heavy atom. The molecule has 0 bridgehead atoms. The highest BCUT2D eigenvalue weighted by atomic mass is 16.5. The molecule has 1 atom stereocenters. The number of carbonyl (C=O) groups is 1. The van der Waals surface area contributed by atoms with Gasteiger partial charge >= 0.3 is 5.97 Å². The molecule has 1 aliphatic rings. The minimum atomic E-state index is -0.651. The summed E-state index contributed by atoms with van der Waals surface area (Å²) in [5.41, 5.74) is 8.75. The third-order valence-corrected chi connectivity index (χ3v) is 4.22. The van der Waals surface area contributed by atoms with E-state index in [1.54, 1.807) is 26.1 Å². The van der Waals surface area contributed by atoms with Gasteiger partial charge in [-0.2, -0.15) is 5.26 Å². The number of nitrogens with two attached hydrogens (primary N) is 1. The molecule has 1 unspecified atom stereocenters. The maximum atomic E-state index is 12.5. The van der Waals surface area contributed by atoms with Crippen molar-refractivity contribution in [1.29, 1.82) is 5.26 Å². The molecule has 2 heterocycles. The standard InChI is InChI=1S/C20H18N4O3/c1-3-26-20(25)17-12(2)27-19(22)15(10-21)18(17)14-6-4-13(5-7-14)16-8-9-23-11-24-16/h4-9,11,18H,3,22H2,1-2H3. The lowest BCUT2D eigenvalue weighted by atomic mass is 9.83. The molecule has 0 fully saturated rings. The minimum absolute atomic E-state index is 0.00655. The smallest absolute Gasteiger partial charge is 0.338 e. The van der Waals surface area contributed by atoms with Gasteiger partial charge in [0.15, 0.2) is 0 Å². The maximum absolute atomic E-state index is 12.5. The molecule has 7 heteroatoms. The van der Waals surface area contributed by atoms with Crippen molar-refractivity contribution < 1.29 is 14.3 Å². The summed E-state index contributed by atoms with van der Waals surface area (Å²) in [5, 5.41) is 9.58. The molecule has 1 aromatic heterocycles. The van der Waals surface area contributed by atoms with E-state index < -0.39 is 11.9 Å². The van der Waals surface area contributed by atoms with Crippen LogP contribution < -0.4 is 5.73 Å². The fourth-order valence-electron chi connectivity index (χ4n) is 3.00. The lowest BCUT2D eigenvalue weighted by molar-refractivity contribution is -0.139. The van der Waals surface area contributed by atoms with Crippen LogP contribution in [-0.4, -0.2) is 22.5 Å². The van der Waals surface area contributed by atoms with Crippen LogP contribution in [0.15, 0.2) is 65.6 Å². The van der Waals surface area contributed by atoms with Crippen molar-refractivity contribution in [3.8, 4) is 17.3 Å². The number of ether oxygens (including phenoxy) is 2. The first-order chi connectivity index (χ1) is 13.1. The van der Waals surface area contributed by atoms with Gasteiger partial charge in [0.1, 0.15) is 23.7 Å². The second kappa shape index (κ2) is 7.70. The third-order valence-electron chi connectivity index (χ3n) is 4.22. The van der Waals surface area contributed by atoms with Crippen LogP contribution in [0.1, 0.15) is 25.3 Å². The van der Waals surface area contributed by atoms with Gasteiger partial charge in [0.05, 0.1) is 23.8 Å². The Morgan fingerprint density at radius 2 is 2.07 bits per heavy atom. The molecule has 7 nitrogen and oxygen atoms in total. The quantitative estimate of drug-likeness (QED) is 0.832. The number of carbonyl (C=O) groups excluding carboxylic acids is 1. The Balaban J connectivity index is 2.06. The van der Waals surface area contributed by atoms with Crippen molar-refractivity contribution in [3.63, 3.8) is 0 Å². The Kier molecular flexibility index (Phi) is 5.18. The van der Waals surface area contributed by atoms with Crippen LogP contribution in [0.3, 0.4) is 0 Å². The van der Waals surface area contributed by atoms with E-state index in [-0.39, 0.29) is 23.6 Å². The second-order valence-electron chi connectivity index (χ2n) is 5.83. The fraction of sp³-hybridized carbons (Fsp3) is 0.200. The van der Waals surface area contributed by atoms with E-state index in [1.807, 2.05) is 24.3 Å². The van der Waals surface area contributed by atoms with Crippen molar-refractivity contribution in [3.05, 3.63) is 71.2 Å². The van der Waals surface area contributed by atoms with Crippen LogP contribution in [0.5, 0.6) is 0 Å². The van der Waals surface area contributed by atoms with Crippen LogP contribution >= 0.6 is 0 Å². The van der Waals surface area contributed by atoms with Crippen LogP contribution in [0.4, 0.5) is 0 Å². The van der Waals surface area contributed by atoms with Crippen LogP contribution in [0, 0.1) is 11.3 Å². The van der Waals surface area contributed by atoms with E-state index in [0.717, 1.165) is 16.8 Å². The summed E-state index contributed by atoms with van der Waals surface area (Å²) in [5.74, 6) is -0.856. The lowest BCUT2D eigenvalue weighted by Crippen LogP contribution is -2.25. The summed E-state index contributed by atoms with van der Waals surface area (Å²) in [7, 11) is 0. The van der Waals surface area contributed by atoms with Gasteiger partial charge < -0.3 is 15.2 Å². The summed E-state index contributed by atoms with van der Waals surface area (Å²) >= 11 is 0.